The summed E-state index contributed by atoms with van der Waals surface area (Å²) in [6.07, 6.45) is 4.03. The number of hydrogen-bond acceptors (Lipinski definition) is 4. The Bertz CT molecular complexity index is 467. The fourth-order valence-electron chi connectivity index (χ4n) is 3.89. The number of aliphatic imine (C=N–C) groups is 1. The molecule has 0 saturated carbocycles. The van der Waals surface area contributed by atoms with E-state index >= 15 is 0 Å². The molecule has 0 radical (unpaired) electrons. The van der Waals surface area contributed by atoms with Crippen molar-refractivity contribution in [2.45, 2.75) is 52.5 Å². The maximum Gasteiger partial charge on any atom is 0.409 e. The van der Waals surface area contributed by atoms with Gasteiger partial charge >= 0.3 is 6.09 Å². The lowest BCUT2D eigenvalue weighted by atomic mass is 9.97. The van der Waals surface area contributed by atoms with E-state index in [0.29, 0.717) is 37.5 Å². The highest BCUT2D eigenvalue weighted by Crippen LogP contribution is 2.18. The average molecular weight is 495 g/mol. The molecular weight excluding hydrogens is 457 g/mol. The number of piperidine rings is 2. The third-order valence-electron chi connectivity index (χ3n) is 5.12. The van der Waals surface area contributed by atoms with Gasteiger partial charge in [-0.3, -0.25) is 4.99 Å². The van der Waals surface area contributed by atoms with Gasteiger partial charge in [0.1, 0.15) is 0 Å². The van der Waals surface area contributed by atoms with Crippen LogP contribution >= 0.6 is 24.0 Å². The topological polar surface area (TPSA) is 83.2 Å². The minimum absolute atomic E-state index is 0. The summed E-state index contributed by atoms with van der Waals surface area (Å²) in [5.74, 6) is 1.86. The lowest BCUT2D eigenvalue weighted by Gasteiger charge is -2.33. The molecule has 3 N–H and O–H groups in total. The van der Waals surface area contributed by atoms with Gasteiger partial charge in [-0.05, 0) is 51.0 Å². The Morgan fingerprint density at radius 3 is 2.59 bits per heavy atom. The predicted molar refractivity (Wildman–Crippen MR) is 121 cm³/mol. The monoisotopic (exact) mass is 495 g/mol. The van der Waals surface area contributed by atoms with Crippen LogP contribution in [0.5, 0.6) is 0 Å². The number of nitrogens with zero attached hydrogens (tertiary/aromatic N) is 3. The Labute approximate surface area is 181 Å². The number of guanidine groups is 1. The highest BCUT2D eigenvalue weighted by molar-refractivity contribution is 14.0. The number of halogens is 1. The van der Waals surface area contributed by atoms with E-state index in [4.69, 9.17) is 10.5 Å². The fourth-order valence-corrected chi connectivity index (χ4v) is 3.89. The molecule has 0 aromatic heterocycles. The Kier molecular flexibility index (Phi) is 11.4. The van der Waals surface area contributed by atoms with Crippen LogP contribution < -0.4 is 11.1 Å². The van der Waals surface area contributed by atoms with Gasteiger partial charge in [0.25, 0.3) is 0 Å². The molecule has 8 heteroatoms. The predicted octanol–water partition coefficient (Wildman–Crippen LogP) is 2.50. The molecule has 27 heavy (non-hydrogen) atoms. The number of carbonyl (C=O) groups excluding carboxylic acids is 1. The van der Waals surface area contributed by atoms with Crippen LogP contribution in [0.3, 0.4) is 0 Å². The van der Waals surface area contributed by atoms with Gasteiger partial charge in [0.2, 0.25) is 0 Å². The van der Waals surface area contributed by atoms with E-state index in [2.05, 4.69) is 29.1 Å². The zero-order valence-corrected chi connectivity index (χ0v) is 19.5. The van der Waals surface area contributed by atoms with Crippen LogP contribution in [0, 0.1) is 11.8 Å². The van der Waals surface area contributed by atoms with Crippen LogP contribution in [-0.2, 0) is 4.74 Å². The number of carbonyl (C=O) groups is 1. The first kappa shape index (κ1) is 24.3. The van der Waals surface area contributed by atoms with E-state index in [0.717, 1.165) is 25.9 Å². The third-order valence-corrected chi connectivity index (χ3v) is 5.12. The number of nitrogens with two attached hydrogens (primary N) is 1. The maximum atomic E-state index is 11.7. The van der Waals surface area contributed by atoms with Crippen molar-refractivity contribution >= 4 is 36.0 Å². The summed E-state index contributed by atoms with van der Waals surface area (Å²) < 4.78 is 5.05. The summed E-state index contributed by atoms with van der Waals surface area (Å²) >= 11 is 0. The second-order valence-corrected chi connectivity index (χ2v) is 7.99. The van der Waals surface area contributed by atoms with Gasteiger partial charge in [0.05, 0.1) is 6.61 Å². The van der Waals surface area contributed by atoms with Crippen molar-refractivity contribution in [2.24, 2.45) is 22.6 Å². The van der Waals surface area contributed by atoms with Crippen LogP contribution in [0.4, 0.5) is 4.79 Å². The fraction of sp³-hybridized carbons (Fsp3) is 0.895. The van der Waals surface area contributed by atoms with Gasteiger partial charge in [-0.15, -0.1) is 24.0 Å². The molecule has 1 unspecified atom stereocenters. The second kappa shape index (κ2) is 12.6. The molecule has 2 fully saturated rings. The van der Waals surface area contributed by atoms with Crippen LogP contribution in [0.15, 0.2) is 4.99 Å². The molecule has 0 spiro atoms. The summed E-state index contributed by atoms with van der Waals surface area (Å²) in [6, 6.07) is 0.285. The van der Waals surface area contributed by atoms with Crippen molar-refractivity contribution in [3.05, 3.63) is 0 Å². The Balaban J connectivity index is 0.00000364. The zero-order valence-electron chi connectivity index (χ0n) is 17.2. The molecule has 7 nitrogen and oxygen atoms in total. The molecule has 1 amide bonds. The molecule has 2 aliphatic heterocycles. The maximum absolute atomic E-state index is 11.7. The number of hydrogen-bond donors (Lipinski definition) is 2. The summed E-state index contributed by atoms with van der Waals surface area (Å²) in [5.41, 5.74) is 6.10. The largest absolute Gasteiger partial charge is 0.450 e. The normalized spacial score (nSPS) is 22.4. The van der Waals surface area contributed by atoms with Crippen LogP contribution in [0.25, 0.3) is 0 Å². The number of nitrogens with one attached hydrogen (secondary N) is 1. The van der Waals surface area contributed by atoms with E-state index < -0.39 is 0 Å². The van der Waals surface area contributed by atoms with E-state index in [9.17, 15) is 4.79 Å². The van der Waals surface area contributed by atoms with Crippen molar-refractivity contribution in [1.29, 1.82) is 0 Å². The average Bonchev–Trinajstić information content (AvgIpc) is 2.60. The van der Waals surface area contributed by atoms with E-state index in [1.54, 1.807) is 4.90 Å². The number of ether oxygens (including phenoxy) is 1. The van der Waals surface area contributed by atoms with E-state index in [-0.39, 0.29) is 36.1 Å². The van der Waals surface area contributed by atoms with Crippen LogP contribution in [-0.4, -0.2) is 73.8 Å². The SMILES string of the molecule is CCOC(=O)N1CCC(NC(N)=NCC2CCCN(CC(C)C)C2)CC1.I. The lowest BCUT2D eigenvalue weighted by Crippen LogP contribution is -2.48. The Morgan fingerprint density at radius 1 is 1.26 bits per heavy atom. The molecule has 158 valence electrons. The molecule has 1 atom stereocenters. The van der Waals surface area contributed by atoms with E-state index in [1.807, 2.05) is 6.92 Å². The van der Waals surface area contributed by atoms with Crippen molar-refractivity contribution in [3.8, 4) is 0 Å². The van der Waals surface area contributed by atoms with Gasteiger partial charge in [-0.1, -0.05) is 13.8 Å². The number of rotatable bonds is 6. The van der Waals surface area contributed by atoms with Gasteiger partial charge in [-0.2, -0.15) is 0 Å². The first-order valence-electron chi connectivity index (χ1n) is 10.2. The minimum Gasteiger partial charge on any atom is -0.450 e. The lowest BCUT2D eigenvalue weighted by molar-refractivity contribution is 0.0963. The van der Waals surface area contributed by atoms with Crippen molar-refractivity contribution < 1.29 is 9.53 Å². The van der Waals surface area contributed by atoms with Gasteiger partial charge < -0.3 is 25.6 Å². The molecule has 0 aromatic rings. The summed E-state index contributed by atoms with van der Waals surface area (Å²) in [4.78, 5) is 20.6. The number of likely N-dealkylation sites (tertiary alicyclic amines) is 2. The standard InChI is InChI=1S/C19H37N5O2.HI/c1-4-26-19(25)24-10-7-17(8-11-24)22-18(20)21-12-16-6-5-9-23(14-16)13-15(2)3;/h15-17H,4-14H2,1-3H3,(H3,20,21,22);1H. The first-order valence-corrected chi connectivity index (χ1v) is 10.2. The molecule has 0 aliphatic carbocycles. The summed E-state index contributed by atoms with van der Waals surface area (Å²) in [5, 5.41) is 3.33. The van der Waals surface area contributed by atoms with Gasteiger partial charge in [-0.25, -0.2) is 4.79 Å². The zero-order chi connectivity index (χ0) is 18.9. The minimum atomic E-state index is -0.212. The Morgan fingerprint density at radius 2 is 1.96 bits per heavy atom. The molecule has 2 rings (SSSR count). The van der Waals surface area contributed by atoms with Crippen molar-refractivity contribution in [1.82, 2.24) is 15.1 Å². The van der Waals surface area contributed by atoms with Crippen LogP contribution in [0.2, 0.25) is 0 Å². The highest BCUT2D eigenvalue weighted by atomic mass is 127. The van der Waals surface area contributed by atoms with Crippen LogP contribution in [0.1, 0.15) is 46.5 Å². The summed E-state index contributed by atoms with van der Waals surface area (Å²) in [6.45, 7) is 12.5. The molecule has 2 saturated heterocycles. The quantitative estimate of drug-likeness (QED) is 0.336. The first-order chi connectivity index (χ1) is 12.5. The van der Waals surface area contributed by atoms with Crippen molar-refractivity contribution in [3.63, 3.8) is 0 Å². The van der Waals surface area contributed by atoms with Gasteiger partial charge in [0, 0.05) is 38.8 Å². The highest BCUT2D eigenvalue weighted by Gasteiger charge is 2.24. The molecule has 2 aliphatic rings. The van der Waals surface area contributed by atoms with E-state index in [1.165, 1.54) is 25.9 Å². The smallest absolute Gasteiger partial charge is 0.409 e. The molecule has 2 heterocycles. The molecule has 0 aromatic carbocycles. The summed E-state index contributed by atoms with van der Waals surface area (Å²) in [7, 11) is 0. The number of amides is 1. The Hall–Kier alpha value is -0.770. The van der Waals surface area contributed by atoms with Gasteiger partial charge in [0.15, 0.2) is 5.96 Å². The molecule has 0 bridgehead atoms. The third kappa shape index (κ3) is 8.85. The molecular formula is C19H38IN5O2. The second-order valence-electron chi connectivity index (χ2n) is 7.99. The van der Waals surface area contributed by atoms with Crippen molar-refractivity contribution in [2.75, 3.05) is 45.9 Å².